The summed E-state index contributed by atoms with van der Waals surface area (Å²) >= 11 is 9.37. The standard InChI is InChI=1S/C14H20BrClN2O2S/c1-17-7-5-11(6-8-17)10-18(2)21(19,20)14-4-3-12(15)9-13(14)16/h3-4,9,11H,5-8,10H2,1-2H3. The molecule has 0 radical (unpaired) electrons. The zero-order valence-corrected chi connectivity index (χ0v) is 15.4. The normalized spacial score (nSPS) is 18.3. The maximum absolute atomic E-state index is 12.6. The molecule has 0 bridgehead atoms. The van der Waals surface area contributed by atoms with Crippen LogP contribution in [0.1, 0.15) is 12.8 Å². The van der Waals surface area contributed by atoms with Crippen LogP contribution >= 0.6 is 27.5 Å². The summed E-state index contributed by atoms with van der Waals surface area (Å²) < 4.78 is 27.4. The number of rotatable bonds is 4. The topological polar surface area (TPSA) is 40.6 Å². The van der Waals surface area contributed by atoms with Crippen molar-refractivity contribution in [2.45, 2.75) is 17.7 Å². The van der Waals surface area contributed by atoms with Gasteiger partial charge in [-0.1, -0.05) is 27.5 Å². The van der Waals surface area contributed by atoms with E-state index in [1.165, 1.54) is 4.31 Å². The molecule has 7 heteroatoms. The maximum Gasteiger partial charge on any atom is 0.244 e. The average molecular weight is 396 g/mol. The van der Waals surface area contributed by atoms with Gasteiger partial charge in [0.25, 0.3) is 0 Å². The fourth-order valence-electron chi connectivity index (χ4n) is 2.56. The van der Waals surface area contributed by atoms with E-state index in [1.54, 1.807) is 25.2 Å². The van der Waals surface area contributed by atoms with E-state index < -0.39 is 10.0 Å². The van der Waals surface area contributed by atoms with E-state index in [4.69, 9.17) is 11.6 Å². The van der Waals surface area contributed by atoms with Crippen molar-refractivity contribution in [3.63, 3.8) is 0 Å². The predicted molar refractivity (Wildman–Crippen MR) is 89.2 cm³/mol. The molecule has 21 heavy (non-hydrogen) atoms. The van der Waals surface area contributed by atoms with E-state index in [9.17, 15) is 8.42 Å². The Bertz CT molecular complexity index is 601. The Hall–Kier alpha value is -0.140. The molecule has 0 spiro atoms. The highest BCUT2D eigenvalue weighted by Crippen LogP contribution is 2.28. The Labute approximate surface area is 140 Å². The van der Waals surface area contributed by atoms with E-state index in [0.29, 0.717) is 12.5 Å². The third-order valence-electron chi connectivity index (χ3n) is 3.94. The summed E-state index contributed by atoms with van der Waals surface area (Å²) in [6, 6.07) is 4.85. The molecule has 0 amide bonds. The number of piperidine rings is 1. The molecule has 1 aromatic rings. The Morgan fingerprint density at radius 3 is 2.57 bits per heavy atom. The Balaban J connectivity index is 2.11. The van der Waals surface area contributed by atoms with Gasteiger partial charge in [-0.3, -0.25) is 0 Å². The first kappa shape index (κ1) is 17.2. The number of halogens is 2. The number of hydrogen-bond acceptors (Lipinski definition) is 3. The van der Waals surface area contributed by atoms with Crippen molar-refractivity contribution in [2.24, 2.45) is 5.92 Å². The first-order valence-electron chi connectivity index (χ1n) is 6.90. The van der Waals surface area contributed by atoms with Crippen LogP contribution in [0.15, 0.2) is 27.6 Å². The minimum absolute atomic E-state index is 0.169. The lowest BCUT2D eigenvalue weighted by atomic mass is 9.97. The Morgan fingerprint density at radius 2 is 2.00 bits per heavy atom. The van der Waals surface area contributed by atoms with Crippen LogP contribution in [0.5, 0.6) is 0 Å². The molecule has 1 aromatic carbocycles. The van der Waals surface area contributed by atoms with Crippen LogP contribution in [0.4, 0.5) is 0 Å². The van der Waals surface area contributed by atoms with E-state index in [0.717, 1.165) is 30.4 Å². The second-order valence-corrected chi connectivity index (χ2v) is 8.94. The van der Waals surface area contributed by atoms with Gasteiger partial charge in [-0.05, 0) is 57.1 Å². The molecule has 4 nitrogen and oxygen atoms in total. The summed E-state index contributed by atoms with van der Waals surface area (Å²) in [4.78, 5) is 2.44. The number of sulfonamides is 1. The molecule has 0 unspecified atom stereocenters. The maximum atomic E-state index is 12.6. The average Bonchev–Trinajstić information content (AvgIpc) is 2.40. The smallest absolute Gasteiger partial charge is 0.244 e. The van der Waals surface area contributed by atoms with E-state index >= 15 is 0 Å². The predicted octanol–water partition coefficient (Wildman–Crippen LogP) is 3.06. The van der Waals surface area contributed by atoms with Crippen molar-refractivity contribution < 1.29 is 8.42 Å². The largest absolute Gasteiger partial charge is 0.306 e. The van der Waals surface area contributed by atoms with Crippen molar-refractivity contribution in [3.05, 3.63) is 27.7 Å². The molecule has 1 aliphatic rings. The van der Waals surface area contributed by atoms with Gasteiger partial charge in [-0.2, -0.15) is 0 Å². The van der Waals surface area contributed by atoms with Crippen molar-refractivity contribution >= 4 is 37.6 Å². The summed E-state index contributed by atoms with van der Waals surface area (Å²) in [5.74, 6) is 0.412. The number of nitrogens with zero attached hydrogens (tertiary/aromatic N) is 2. The minimum atomic E-state index is -3.53. The van der Waals surface area contributed by atoms with Gasteiger partial charge in [0.15, 0.2) is 0 Å². The van der Waals surface area contributed by atoms with Gasteiger partial charge in [0, 0.05) is 18.1 Å². The van der Waals surface area contributed by atoms with Crippen LogP contribution in [-0.4, -0.2) is 51.4 Å². The number of benzene rings is 1. The second-order valence-electron chi connectivity index (χ2n) is 5.61. The second kappa shape index (κ2) is 6.96. The molecule has 0 N–H and O–H groups in total. The van der Waals surface area contributed by atoms with Gasteiger partial charge < -0.3 is 4.90 Å². The lowest BCUT2D eigenvalue weighted by molar-refractivity contribution is 0.202. The Morgan fingerprint density at radius 1 is 1.38 bits per heavy atom. The van der Waals surface area contributed by atoms with Crippen LogP contribution < -0.4 is 0 Å². The number of likely N-dealkylation sites (tertiary alicyclic amines) is 1. The van der Waals surface area contributed by atoms with E-state index in [1.807, 2.05) is 0 Å². The van der Waals surface area contributed by atoms with Gasteiger partial charge in [0.1, 0.15) is 4.90 Å². The van der Waals surface area contributed by atoms with Gasteiger partial charge in [0.05, 0.1) is 5.02 Å². The molecule has 0 atom stereocenters. The third kappa shape index (κ3) is 4.20. The molecule has 1 saturated heterocycles. The molecule has 0 saturated carbocycles. The highest BCUT2D eigenvalue weighted by Gasteiger charge is 2.27. The monoisotopic (exact) mass is 394 g/mol. The van der Waals surface area contributed by atoms with Crippen LogP contribution in [0.3, 0.4) is 0 Å². The molecule has 1 aliphatic heterocycles. The molecule has 0 aliphatic carbocycles. The van der Waals surface area contributed by atoms with Gasteiger partial charge in [-0.25, -0.2) is 12.7 Å². The fraction of sp³-hybridized carbons (Fsp3) is 0.571. The van der Waals surface area contributed by atoms with Crippen molar-refractivity contribution in [1.82, 2.24) is 9.21 Å². The van der Waals surface area contributed by atoms with E-state index in [2.05, 4.69) is 27.9 Å². The molecule has 2 rings (SSSR count). The first-order chi connectivity index (χ1) is 9.80. The van der Waals surface area contributed by atoms with Crippen molar-refractivity contribution in [1.29, 1.82) is 0 Å². The zero-order valence-electron chi connectivity index (χ0n) is 12.2. The van der Waals surface area contributed by atoms with E-state index in [-0.39, 0.29) is 9.92 Å². The number of hydrogen-bond donors (Lipinski definition) is 0. The lowest BCUT2D eigenvalue weighted by Gasteiger charge is -2.31. The minimum Gasteiger partial charge on any atom is -0.306 e. The fourth-order valence-corrected chi connectivity index (χ4v) is 4.81. The molecule has 0 aromatic heterocycles. The summed E-state index contributed by atoms with van der Waals surface area (Å²) in [5.41, 5.74) is 0. The van der Waals surface area contributed by atoms with Crippen LogP contribution in [0.2, 0.25) is 5.02 Å². The first-order valence-corrected chi connectivity index (χ1v) is 9.51. The molecule has 1 heterocycles. The summed E-state index contributed by atoms with van der Waals surface area (Å²) in [7, 11) is 0.194. The zero-order chi connectivity index (χ0) is 15.6. The third-order valence-corrected chi connectivity index (χ3v) is 6.74. The molecule has 118 valence electrons. The molecular weight excluding hydrogens is 376 g/mol. The van der Waals surface area contributed by atoms with Gasteiger partial charge in [0.2, 0.25) is 10.0 Å². The summed E-state index contributed by atoms with van der Waals surface area (Å²) in [6.07, 6.45) is 2.06. The highest BCUT2D eigenvalue weighted by atomic mass is 79.9. The molecule has 1 fully saturated rings. The quantitative estimate of drug-likeness (QED) is 0.786. The van der Waals surface area contributed by atoms with Gasteiger partial charge in [-0.15, -0.1) is 0 Å². The van der Waals surface area contributed by atoms with Crippen LogP contribution in [0.25, 0.3) is 0 Å². The summed E-state index contributed by atoms with van der Waals surface area (Å²) in [6.45, 7) is 2.59. The SMILES string of the molecule is CN1CCC(CN(C)S(=O)(=O)c2ccc(Br)cc2Cl)CC1. The Kier molecular flexibility index (Phi) is 5.71. The summed E-state index contributed by atoms with van der Waals surface area (Å²) in [5, 5.41) is 0.250. The van der Waals surface area contributed by atoms with Crippen molar-refractivity contribution in [2.75, 3.05) is 33.7 Å². The van der Waals surface area contributed by atoms with Crippen LogP contribution in [0, 0.1) is 5.92 Å². The molecular formula is C14H20BrClN2O2S. The van der Waals surface area contributed by atoms with Gasteiger partial charge >= 0.3 is 0 Å². The van der Waals surface area contributed by atoms with Crippen LogP contribution in [-0.2, 0) is 10.0 Å². The lowest BCUT2D eigenvalue weighted by Crippen LogP contribution is -2.38. The highest BCUT2D eigenvalue weighted by molar-refractivity contribution is 9.10. The van der Waals surface area contributed by atoms with Crippen molar-refractivity contribution in [3.8, 4) is 0 Å².